The fourth-order valence-electron chi connectivity index (χ4n) is 3.98. The number of pyridine rings is 1. The number of rotatable bonds is 5. The van der Waals surface area contributed by atoms with E-state index in [4.69, 9.17) is 9.47 Å². The molecule has 0 bridgehead atoms. The van der Waals surface area contributed by atoms with E-state index in [-0.39, 0.29) is 25.0 Å². The Morgan fingerprint density at radius 3 is 2.27 bits per heavy atom. The summed E-state index contributed by atoms with van der Waals surface area (Å²) in [6, 6.07) is 3.73. The Morgan fingerprint density at radius 1 is 1.15 bits per heavy atom. The Kier molecular flexibility index (Phi) is 7.31. The molecule has 0 spiro atoms. The van der Waals surface area contributed by atoms with E-state index in [2.05, 4.69) is 18.8 Å². The lowest BCUT2D eigenvalue weighted by atomic mass is 9.85. The maximum atomic E-state index is 13.7. The third-order valence-corrected chi connectivity index (χ3v) is 5.97. The monoisotopic (exact) mass is 461 g/mol. The number of aliphatic hydroxyl groups is 1. The number of methoxy groups -OCH3 is 1. The summed E-state index contributed by atoms with van der Waals surface area (Å²) in [4.78, 5) is 46.3. The standard InChI is InChI=1S/C24H35N3O6/c1-14(2)15-7-10-19(25-11-15)27(16-8-9-16)21(29)17-12-26(23(31)33-24(3,4)5)13-18(20(17)28)22(30)32-6/h7,10-11,14,16-18,20,28H,8-9,12-13H2,1-6H3/t17-,18+,20-/m0/s1. The molecule has 182 valence electrons. The molecule has 1 saturated carbocycles. The quantitative estimate of drug-likeness (QED) is 0.672. The number of nitrogens with zero attached hydrogens (tertiary/aromatic N) is 3. The number of aliphatic hydroxyl groups excluding tert-OH is 1. The lowest BCUT2D eigenvalue weighted by molar-refractivity contribution is -0.156. The van der Waals surface area contributed by atoms with Gasteiger partial charge in [0.15, 0.2) is 0 Å². The van der Waals surface area contributed by atoms with Crippen LogP contribution in [0.3, 0.4) is 0 Å². The Bertz CT molecular complexity index is 875. The number of hydrogen-bond acceptors (Lipinski definition) is 7. The molecule has 0 aromatic carbocycles. The number of carbonyl (C=O) groups is 3. The molecule has 2 fully saturated rings. The summed E-state index contributed by atoms with van der Waals surface area (Å²) in [6.45, 7) is 9.21. The van der Waals surface area contributed by atoms with E-state index < -0.39 is 35.6 Å². The molecule has 2 heterocycles. The van der Waals surface area contributed by atoms with Crippen molar-refractivity contribution in [1.82, 2.24) is 9.88 Å². The van der Waals surface area contributed by atoms with E-state index in [1.165, 1.54) is 12.0 Å². The van der Waals surface area contributed by atoms with Crippen LogP contribution in [0.25, 0.3) is 0 Å². The number of carbonyl (C=O) groups excluding carboxylic acids is 3. The summed E-state index contributed by atoms with van der Waals surface area (Å²) in [5, 5.41) is 11.0. The number of anilines is 1. The fraction of sp³-hybridized carbons (Fsp3) is 0.667. The van der Waals surface area contributed by atoms with Crippen LogP contribution in [0.5, 0.6) is 0 Å². The minimum absolute atomic E-state index is 0.0180. The van der Waals surface area contributed by atoms with Gasteiger partial charge in [-0.2, -0.15) is 0 Å². The summed E-state index contributed by atoms with van der Waals surface area (Å²) >= 11 is 0. The van der Waals surface area contributed by atoms with Crippen molar-refractivity contribution in [3.05, 3.63) is 23.9 Å². The topological polar surface area (TPSA) is 109 Å². The van der Waals surface area contributed by atoms with Crippen molar-refractivity contribution in [3.63, 3.8) is 0 Å². The molecule has 1 aliphatic heterocycles. The molecule has 2 amide bonds. The molecule has 3 atom stereocenters. The van der Waals surface area contributed by atoms with Gasteiger partial charge in [0.1, 0.15) is 17.3 Å². The van der Waals surface area contributed by atoms with Gasteiger partial charge in [-0.25, -0.2) is 9.78 Å². The predicted molar refractivity (Wildman–Crippen MR) is 122 cm³/mol. The first-order chi connectivity index (χ1) is 15.4. The first kappa shape index (κ1) is 25.0. The van der Waals surface area contributed by atoms with Crippen LogP contribution in [0, 0.1) is 11.8 Å². The summed E-state index contributed by atoms with van der Waals surface area (Å²) in [5.41, 5.74) is 0.316. The zero-order chi connectivity index (χ0) is 24.5. The zero-order valence-corrected chi connectivity index (χ0v) is 20.3. The third kappa shape index (κ3) is 5.82. The second-order valence-corrected chi connectivity index (χ2v) is 10.2. The second kappa shape index (κ2) is 9.67. The van der Waals surface area contributed by atoms with Crippen LogP contribution in [0.15, 0.2) is 18.3 Å². The van der Waals surface area contributed by atoms with Crippen molar-refractivity contribution in [2.45, 2.75) is 71.1 Å². The largest absolute Gasteiger partial charge is 0.469 e. The molecule has 1 aromatic rings. The molecular weight excluding hydrogens is 426 g/mol. The van der Waals surface area contributed by atoms with Crippen molar-refractivity contribution >= 4 is 23.8 Å². The van der Waals surface area contributed by atoms with Gasteiger partial charge in [0.25, 0.3) is 0 Å². The van der Waals surface area contributed by atoms with Crippen molar-refractivity contribution in [2.24, 2.45) is 11.8 Å². The Hall–Kier alpha value is -2.68. The number of piperidine rings is 1. The number of amides is 2. The first-order valence-corrected chi connectivity index (χ1v) is 11.5. The van der Waals surface area contributed by atoms with Crippen LogP contribution in [-0.4, -0.2) is 70.9 Å². The van der Waals surface area contributed by atoms with Gasteiger partial charge in [0.2, 0.25) is 5.91 Å². The number of esters is 1. The van der Waals surface area contributed by atoms with E-state index in [0.717, 1.165) is 18.4 Å². The molecule has 9 heteroatoms. The van der Waals surface area contributed by atoms with Gasteiger partial charge in [-0.1, -0.05) is 19.9 Å². The van der Waals surface area contributed by atoms with Crippen LogP contribution >= 0.6 is 0 Å². The van der Waals surface area contributed by atoms with Crippen LogP contribution in [0.4, 0.5) is 10.6 Å². The van der Waals surface area contributed by atoms with Crippen molar-refractivity contribution < 1.29 is 29.0 Å². The summed E-state index contributed by atoms with van der Waals surface area (Å²) in [6.07, 6.45) is 1.49. The van der Waals surface area contributed by atoms with Crippen LogP contribution in [-0.2, 0) is 19.1 Å². The average molecular weight is 462 g/mol. The number of aromatic nitrogens is 1. The molecule has 1 aromatic heterocycles. The molecule has 1 saturated heterocycles. The maximum absolute atomic E-state index is 13.7. The van der Waals surface area contributed by atoms with E-state index >= 15 is 0 Å². The summed E-state index contributed by atoms with van der Waals surface area (Å²) in [5.74, 6) is -2.30. The second-order valence-electron chi connectivity index (χ2n) is 10.2. The van der Waals surface area contributed by atoms with E-state index in [0.29, 0.717) is 11.7 Å². The average Bonchev–Trinajstić information content (AvgIpc) is 3.57. The highest BCUT2D eigenvalue weighted by molar-refractivity contribution is 5.96. The molecule has 0 radical (unpaired) electrons. The molecular formula is C24H35N3O6. The molecule has 9 nitrogen and oxygen atoms in total. The van der Waals surface area contributed by atoms with Gasteiger partial charge in [-0.3, -0.25) is 14.5 Å². The van der Waals surface area contributed by atoms with Gasteiger partial charge in [-0.05, 0) is 51.2 Å². The molecule has 1 aliphatic carbocycles. The summed E-state index contributed by atoms with van der Waals surface area (Å²) < 4.78 is 10.3. The van der Waals surface area contributed by atoms with Crippen LogP contribution < -0.4 is 4.90 Å². The van der Waals surface area contributed by atoms with Crippen LogP contribution in [0.2, 0.25) is 0 Å². The van der Waals surface area contributed by atoms with Crippen molar-refractivity contribution in [2.75, 3.05) is 25.1 Å². The number of ether oxygens (including phenoxy) is 2. The Labute approximate surface area is 195 Å². The van der Waals surface area contributed by atoms with Gasteiger partial charge in [0.05, 0.1) is 19.1 Å². The van der Waals surface area contributed by atoms with Gasteiger partial charge in [-0.15, -0.1) is 0 Å². The van der Waals surface area contributed by atoms with E-state index in [9.17, 15) is 19.5 Å². The zero-order valence-electron chi connectivity index (χ0n) is 20.3. The lowest BCUT2D eigenvalue weighted by Gasteiger charge is -2.41. The highest BCUT2D eigenvalue weighted by atomic mass is 16.6. The SMILES string of the molecule is COC(=O)[C@@H]1CN(C(=O)OC(C)(C)C)C[C@H](C(=O)N(c2ccc(C(C)C)cn2)C2CC2)[C@@H]1O. The number of hydrogen-bond donors (Lipinski definition) is 1. The van der Waals surface area contributed by atoms with E-state index in [1.54, 1.807) is 31.9 Å². The third-order valence-electron chi connectivity index (χ3n) is 5.97. The Balaban J connectivity index is 1.89. The van der Waals surface area contributed by atoms with E-state index in [1.807, 2.05) is 12.1 Å². The van der Waals surface area contributed by atoms with Crippen LogP contribution in [0.1, 0.15) is 58.9 Å². The Morgan fingerprint density at radius 2 is 1.79 bits per heavy atom. The highest BCUT2D eigenvalue weighted by Gasteiger charge is 2.49. The normalized spacial score (nSPS) is 23.3. The minimum atomic E-state index is -1.29. The highest BCUT2D eigenvalue weighted by Crippen LogP contribution is 2.35. The minimum Gasteiger partial charge on any atom is -0.469 e. The molecule has 0 unspecified atom stereocenters. The molecule has 3 rings (SSSR count). The molecule has 1 N–H and O–H groups in total. The van der Waals surface area contributed by atoms with Crippen molar-refractivity contribution in [1.29, 1.82) is 0 Å². The lowest BCUT2D eigenvalue weighted by Crippen LogP contribution is -2.59. The molecule has 33 heavy (non-hydrogen) atoms. The number of likely N-dealkylation sites (tertiary alicyclic amines) is 1. The van der Waals surface area contributed by atoms with Gasteiger partial charge < -0.3 is 19.5 Å². The van der Waals surface area contributed by atoms with Gasteiger partial charge in [0, 0.05) is 25.3 Å². The fourth-order valence-corrected chi connectivity index (χ4v) is 3.98. The predicted octanol–water partition coefficient (Wildman–Crippen LogP) is 2.72. The summed E-state index contributed by atoms with van der Waals surface area (Å²) in [7, 11) is 1.22. The van der Waals surface area contributed by atoms with Gasteiger partial charge >= 0.3 is 12.1 Å². The van der Waals surface area contributed by atoms with Crippen molar-refractivity contribution in [3.8, 4) is 0 Å². The maximum Gasteiger partial charge on any atom is 0.410 e. The smallest absolute Gasteiger partial charge is 0.410 e. The molecule has 2 aliphatic rings. The first-order valence-electron chi connectivity index (χ1n) is 11.5.